The van der Waals surface area contributed by atoms with Crippen molar-refractivity contribution in [2.45, 2.75) is 0 Å². The van der Waals surface area contributed by atoms with Gasteiger partial charge in [0.25, 0.3) is 5.91 Å². The second-order valence-corrected chi connectivity index (χ2v) is 7.80. The van der Waals surface area contributed by atoms with Gasteiger partial charge in [0.2, 0.25) is 0 Å². The molecule has 1 aliphatic rings. The van der Waals surface area contributed by atoms with Crippen LogP contribution in [-0.4, -0.2) is 38.5 Å². The molecule has 0 aliphatic carbocycles. The lowest BCUT2D eigenvalue weighted by Crippen LogP contribution is -2.35. The summed E-state index contributed by atoms with van der Waals surface area (Å²) in [5.74, 6) is -0.755. The molecular formula is C18H15ClFN3O4S. The van der Waals surface area contributed by atoms with Crippen LogP contribution in [-0.2, 0) is 15.0 Å². The van der Waals surface area contributed by atoms with Gasteiger partial charge in [-0.05, 0) is 48.5 Å². The molecule has 2 aromatic rings. The summed E-state index contributed by atoms with van der Waals surface area (Å²) in [4.78, 5) is 12.6. The smallest absolute Gasteiger partial charge is 0.345 e. The Kier molecular flexibility index (Phi) is 5.39. The highest BCUT2D eigenvalue weighted by Crippen LogP contribution is 2.24. The fraction of sp³-hybridized carbons (Fsp3) is 0.111. The maximum atomic E-state index is 13.3. The molecule has 3 rings (SSSR count). The van der Waals surface area contributed by atoms with E-state index in [4.69, 9.17) is 16.3 Å². The van der Waals surface area contributed by atoms with Crippen LogP contribution in [0.3, 0.4) is 0 Å². The zero-order chi connectivity index (χ0) is 20.5. The Balaban J connectivity index is 1.95. The number of allylic oxidation sites excluding steroid dienone is 1. The van der Waals surface area contributed by atoms with Gasteiger partial charge in [-0.3, -0.25) is 4.79 Å². The third-order valence-electron chi connectivity index (χ3n) is 3.97. The molecular weight excluding hydrogens is 409 g/mol. The van der Waals surface area contributed by atoms with E-state index in [1.54, 1.807) is 24.3 Å². The summed E-state index contributed by atoms with van der Waals surface area (Å²) in [6.45, 7) is 0. The monoisotopic (exact) mass is 423 g/mol. The minimum absolute atomic E-state index is 0.100. The average Bonchev–Trinajstić information content (AvgIpc) is 2.66. The Morgan fingerprint density at radius 2 is 1.89 bits per heavy atom. The van der Waals surface area contributed by atoms with Gasteiger partial charge >= 0.3 is 10.2 Å². The van der Waals surface area contributed by atoms with Gasteiger partial charge < -0.3 is 10.1 Å². The quantitative estimate of drug-likeness (QED) is 0.818. The Morgan fingerprint density at radius 3 is 2.50 bits per heavy atom. The van der Waals surface area contributed by atoms with Crippen LogP contribution in [0.1, 0.15) is 5.56 Å². The molecule has 0 atom stereocenters. The van der Waals surface area contributed by atoms with E-state index in [0.29, 0.717) is 11.3 Å². The minimum atomic E-state index is -4.10. The highest BCUT2D eigenvalue weighted by atomic mass is 35.5. The summed E-state index contributed by atoms with van der Waals surface area (Å²) in [5, 5.41) is 2.33. The normalized spacial score (nSPS) is 15.5. The van der Waals surface area contributed by atoms with Crippen molar-refractivity contribution >= 4 is 39.1 Å². The third-order valence-corrected chi connectivity index (χ3v) is 5.57. The van der Waals surface area contributed by atoms with Crippen LogP contribution in [0.25, 0.3) is 0 Å². The zero-order valence-corrected chi connectivity index (χ0v) is 16.4. The van der Waals surface area contributed by atoms with Crippen LogP contribution >= 0.6 is 11.6 Å². The lowest BCUT2D eigenvalue weighted by molar-refractivity contribution is -0.113. The number of halogens is 2. The second-order valence-electron chi connectivity index (χ2n) is 5.76. The maximum Gasteiger partial charge on any atom is 0.345 e. The number of nitrogens with one attached hydrogen (secondary N) is 1. The molecule has 0 fully saturated rings. The number of carbonyl (C=O) groups is 1. The van der Waals surface area contributed by atoms with Crippen molar-refractivity contribution in [3.8, 4) is 5.75 Å². The number of amides is 1. The lowest BCUT2D eigenvalue weighted by Gasteiger charge is -2.23. The molecule has 1 aliphatic heterocycles. The summed E-state index contributed by atoms with van der Waals surface area (Å²) in [6, 6.07) is 10.2. The number of benzene rings is 2. The third kappa shape index (κ3) is 4.00. The van der Waals surface area contributed by atoms with Gasteiger partial charge in [-0.15, -0.1) is 4.40 Å². The standard InChI is InChI=1S/C18H15ClFN3O4S/c1-23-17(18(24)21-12-5-8-15(20)14(19)9-12)10-16(22-28(23,25)26)11-3-6-13(27-2)7-4-11/h3-10H,1-2H3,(H,21,24). The Morgan fingerprint density at radius 1 is 1.21 bits per heavy atom. The van der Waals surface area contributed by atoms with E-state index in [0.717, 1.165) is 10.4 Å². The molecule has 10 heteroatoms. The summed E-state index contributed by atoms with van der Waals surface area (Å²) >= 11 is 5.71. The van der Waals surface area contributed by atoms with E-state index in [1.807, 2.05) is 0 Å². The van der Waals surface area contributed by atoms with E-state index in [2.05, 4.69) is 9.71 Å². The number of anilines is 1. The van der Waals surface area contributed by atoms with E-state index in [1.165, 1.54) is 32.4 Å². The molecule has 0 saturated carbocycles. The van der Waals surface area contributed by atoms with Gasteiger partial charge in [-0.2, -0.15) is 8.42 Å². The van der Waals surface area contributed by atoms with Gasteiger partial charge in [0.05, 0.1) is 17.8 Å². The Labute approximate surface area is 166 Å². The van der Waals surface area contributed by atoms with Crippen molar-refractivity contribution in [2.24, 2.45) is 4.40 Å². The van der Waals surface area contributed by atoms with Crippen molar-refractivity contribution in [3.05, 3.63) is 70.6 Å². The molecule has 1 amide bonds. The van der Waals surface area contributed by atoms with Gasteiger partial charge in [0.1, 0.15) is 17.3 Å². The number of ether oxygens (including phenoxy) is 1. The molecule has 0 bridgehead atoms. The molecule has 0 spiro atoms. The minimum Gasteiger partial charge on any atom is -0.497 e. The SMILES string of the molecule is COc1ccc(C2=NS(=O)(=O)N(C)C(C(=O)Nc3ccc(F)c(Cl)c3)=C2)cc1. The number of rotatable bonds is 4. The van der Waals surface area contributed by atoms with Crippen LogP contribution in [0.5, 0.6) is 5.75 Å². The summed E-state index contributed by atoms with van der Waals surface area (Å²) < 4.78 is 47.6. The fourth-order valence-electron chi connectivity index (χ4n) is 2.43. The van der Waals surface area contributed by atoms with Gasteiger partial charge in [-0.1, -0.05) is 11.6 Å². The molecule has 0 unspecified atom stereocenters. The molecule has 146 valence electrons. The molecule has 7 nitrogen and oxygen atoms in total. The summed E-state index contributed by atoms with van der Waals surface area (Å²) in [5.41, 5.74) is 0.661. The first-order chi connectivity index (χ1) is 13.2. The van der Waals surface area contributed by atoms with Crippen LogP contribution in [0.2, 0.25) is 5.02 Å². The van der Waals surface area contributed by atoms with Gasteiger partial charge in [0, 0.05) is 18.3 Å². The van der Waals surface area contributed by atoms with Crippen molar-refractivity contribution in [3.63, 3.8) is 0 Å². The van der Waals surface area contributed by atoms with Crippen LogP contribution < -0.4 is 10.1 Å². The van der Waals surface area contributed by atoms with Crippen molar-refractivity contribution < 1.29 is 22.3 Å². The molecule has 2 aromatic carbocycles. The van der Waals surface area contributed by atoms with Crippen LogP contribution in [0, 0.1) is 5.82 Å². The molecule has 1 heterocycles. The largest absolute Gasteiger partial charge is 0.497 e. The average molecular weight is 424 g/mol. The van der Waals surface area contributed by atoms with Gasteiger partial charge in [-0.25, -0.2) is 8.70 Å². The molecule has 0 radical (unpaired) electrons. The molecule has 0 aromatic heterocycles. The van der Waals surface area contributed by atoms with E-state index in [9.17, 15) is 17.6 Å². The number of carbonyl (C=O) groups excluding carboxylic acids is 1. The van der Waals surface area contributed by atoms with E-state index < -0.39 is 21.9 Å². The summed E-state index contributed by atoms with van der Waals surface area (Å²) in [7, 11) is -1.38. The van der Waals surface area contributed by atoms with Crippen LogP contribution in [0.4, 0.5) is 10.1 Å². The predicted octanol–water partition coefficient (Wildman–Crippen LogP) is 2.99. The molecule has 0 saturated heterocycles. The predicted molar refractivity (Wildman–Crippen MR) is 104 cm³/mol. The highest BCUT2D eigenvalue weighted by Gasteiger charge is 2.30. The van der Waals surface area contributed by atoms with Crippen molar-refractivity contribution in [1.29, 1.82) is 0 Å². The van der Waals surface area contributed by atoms with E-state index >= 15 is 0 Å². The molecule has 28 heavy (non-hydrogen) atoms. The Bertz CT molecular complexity index is 1100. The Hall–Kier alpha value is -2.91. The topological polar surface area (TPSA) is 88.1 Å². The first kappa shape index (κ1) is 19.8. The number of hydrogen-bond acceptors (Lipinski definition) is 4. The van der Waals surface area contributed by atoms with Gasteiger partial charge in [0.15, 0.2) is 0 Å². The first-order valence-electron chi connectivity index (χ1n) is 7.92. The zero-order valence-electron chi connectivity index (χ0n) is 14.8. The lowest BCUT2D eigenvalue weighted by atomic mass is 10.1. The number of nitrogens with zero attached hydrogens (tertiary/aromatic N) is 2. The van der Waals surface area contributed by atoms with Crippen molar-refractivity contribution in [2.75, 3.05) is 19.5 Å². The van der Waals surface area contributed by atoms with Crippen LogP contribution in [0.15, 0.2) is 58.6 Å². The number of hydrogen-bond donors (Lipinski definition) is 1. The van der Waals surface area contributed by atoms with E-state index in [-0.39, 0.29) is 22.1 Å². The maximum absolute atomic E-state index is 13.3. The highest BCUT2D eigenvalue weighted by molar-refractivity contribution is 7.88. The molecule has 1 N–H and O–H groups in total. The first-order valence-corrected chi connectivity index (χ1v) is 9.70. The fourth-order valence-corrected chi connectivity index (χ4v) is 3.53. The second kappa shape index (κ2) is 7.61. The van der Waals surface area contributed by atoms with Crippen molar-refractivity contribution in [1.82, 2.24) is 4.31 Å². The number of methoxy groups -OCH3 is 1. The summed E-state index contributed by atoms with van der Waals surface area (Å²) in [6.07, 6.45) is 1.35. The number of likely N-dealkylation sites (N-methyl/N-ethyl adjacent to an activating group) is 1.